The first kappa shape index (κ1) is 16.9. The highest BCUT2D eigenvalue weighted by Crippen LogP contribution is 2.05. The average Bonchev–Trinajstić information content (AvgIpc) is 2.35. The van der Waals surface area contributed by atoms with Crippen LogP contribution in [-0.2, 0) is 0 Å². The van der Waals surface area contributed by atoms with Crippen LogP contribution >= 0.6 is 0 Å². The quantitative estimate of drug-likeness (QED) is 0.498. The second kappa shape index (κ2) is 14.0. The molecule has 0 aromatic rings. The molecule has 2 heteroatoms. The zero-order valence-electron chi connectivity index (χ0n) is 12.2. The summed E-state index contributed by atoms with van der Waals surface area (Å²) in [5.74, 6) is 0. The first-order chi connectivity index (χ1) is 8.35. The molecule has 0 radical (unpaired) electrons. The second-order valence-corrected chi connectivity index (χ2v) is 5.11. The zero-order valence-corrected chi connectivity index (χ0v) is 12.2. The molecular weight excluding hydrogens is 208 g/mol. The van der Waals surface area contributed by atoms with E-state index in [0.717, 1.165) is 13.0 Å². The van der Waals surface area contributed by atoms with Crippen LogP contribution in [0.3, 0.4) is 0 Å². The van der Waals surface area contributed by atoms with E-state index in [1.165, 1.54) is 71.0 Å². The summed E-state index contributed by atoms with van der Waals surface area (Å²) >= 11 is 0. The fourth-order valence-corrected chi connectivity index (χ4v) is 2.17. The van der Waals surface area contributed by atoms with Crippen LogP contribution in [0.5, 0.6) is 0 Å². The van der Waals surface area contributed by atoms with Crippen molar-refractivity contribution in [3.8, 4) is 0 Å². The highest BCUT2D eigenvalue weighted by atomic mass is 15.1. The van der Waals surface area contributed by atoms with Crippen LogP contribution in [0, 0.1) is 0 Å². The minimum atomic E-state index is 0.834. The first-order valence-corrected chi connectivity index (χ1v) is 7.77. The minimum absolute atomic E-state index is 0.834. The monoisotopic (exact) mass is 242 g/mol. The summed E-state index contributed by atoms with van der Waals surface area (Å²) in [5.41, 5.74) is 5.60. The Labute approximate surface area is 109 Å². The number of nitrogens with two attached hydrogens (primary N) is 1. The van der Waals surface area contributed by atoms with Gasteiger partial charge in [0.05, 0.1) is 0 Å². The number of unbranched alkanes of at least 4 members (excludes halogenated alkanes) is 6. The van der Waals surface area contributed by atoms with Crippen molar-refractivity contribution in [3.05, 3.63) is 0 Å². The molecule has 0 bridgehead atoms. The van der Waals surface area contributed by atoms with Gasteiger partial charge in [-0.2, -0.15) is 0 Å². The second-order valence-electron chi connectivity index (χ2n) is 5.11. The largest absolute Gasteiger partial charge is 0.330 e. The molecular formula is C15H34N2. The average molecular weight is 242 g/mol. The topological polar surface area (TPSA) is 29.3 Å². The summed E-state index contributed by atoms with van der Waals surface area (Å²) < 4.78 is 0. The number of rotatable bonds is 13. The lowest BCUT2D eigenvalue weighted by Gasteiger charge is -2.22. The third-order valence-electron chi connectivity index (χ3n) is 3.33. The van der Waals surface area contributed by atoms with E-state index in [-0.39, 0.29) is 0 Å². The van der Waals surface area contributed by atoms with Crippen molar-refractivity contribution < 1.29 is 0 Å². The van der Waals surface area contributed by atoms with Gasteiger partial charge in [0.15, 0.2) is 0 Å². The van der Waals surface area contributed by atoms with E-state index in [9.17, 15) is 0 Å². The zero-order chi connectivity index (χ0) is 12.8. The van der Waals surface area contributed by atoms with Gasteiger partial charge in [-0.25, -0.2) is 0 Å². The van der Waals surface area contributed by atoms with Crippen LogP contribution in [0.25, 0.3) is 0 Å². The van der Waals surface area contributed by atoms with Crippen LogP contribution in [0.1, 0.15) is 71.6 Å². The van der Waals surface area contributed by atoms with Crippen LogP contribution in [0.15, 0.2) is 0 Å². The Balaban J connectivity index is 3.56. The van der Waals surface area contributed by atoms with Gasteiger partial charge in [-0.15, -0.1) is 0 Å². The predicted molar refractivity (Wildman–Crippen MR) is 78.4 cm³/mol. The molecule has 104 valence electrons. The molecule has 0 rings (SSSR count). The van der Waals surface area contributed by atoms with Crippen molar-refractivity contribution in [1.82, 2.24) is 4.90 Å². The van der Waals surface area contributed by atoms with Crippen LogP contribution in [0.4, 0.5) is 0 Å². The van der Waals surface area contributed by atoms with Crippen molar-refractivity contribution in [3.63, 3.8) is 0 Å². The fourth-order valence-electron chi connectivity index (χ4n) is 2.17. The molecule has 0 atom stereocenters. The standard InChI is InChI=1S/C15H34N2/c1-3-5-7-9-13-17(15-11-12-16)14-10-8-6-4-2/h3-16H2,1-2H3. The Morgan fingerprint density at radius 3 is 1.53 bits per heavy atom. The Morgan fingerprint density at radius 2 is 1.12 bits per heavy atom. The fraction of sp³-hybridized carbons (Fsp3) is 1.00. The van der Waals surface area contributed by atoms with Crippen LogP contribution in [-0.4, -0.2) is 31.1 Å². The van der Waals surface area contributed by atoms with Gasteiger partial charge in [0.25, 0.3) is 0 Å². The first-order valence-electron chi connectivity index (χ1n) is 7.77. The van der Waals surface area contributed by atoms with Crippen LogP contribution in [0.2, 0.25) is 0 Å². The summed E-state index contributed by atoms with van der Waals surface area (Å²) in [6.07, 6.45) is 12.1. The minimum Gasteiger partial charge on any atom is -0.330 e. The number of nitrogens with zero attached hydrogens (tertiary/aromatic N) is 1. The van der Waals surface area contributed by atoms with E-state index >= 15 is 0 Å². The Kier molecular flexibility index (Phi) is 13.9. The predicted octanol–water partition coefficient (Wildman–Crippen LogP) is 3.80. The number of hydrogen-bond acceptors (Lipinski definition) is 2. The number of hydrogen-bond donors (Lipinski definition) is 1. The third-order valence-corrected chi connectivity index (χ3v) is 3.33. The summed E-state index contributed by atoms with van der Waals surface area (Å²) in [4.78, 5) is 2.62. The molecule has 0 unspecified atom stereocenters. The molecule has 0 heterocycles. The van der Waals surface area contributed by atoms with E-state index in [4.69, 9.17) is 5.73 Å². The lowest BCUT2D eigenvalue weighted by Crippen LogP contribution is -2.28. The molecule has 17 heavy (non-hydrogen) atoms. The van der Waals surface area contributed by atoms with Gasteiger partial charge in [-0.05, 0) is 45.4 Å². The van der Waals surface area contributed by atoms with Crippen molar-refractivity contribution in [2.24, 2.45) is 5.73 Å². The van der Waals surface area contributed by atoms with Crippen molar-refractivity contribution >= 4 is 0 Å². The Hall–Kier alpha value is -0.0800. The molecule has 0 spiro atoms. The van der Waals surface area contributed by atoms with Crippen molar-refractivity contribution in [2.75, 3.05) is 26.2 Å². The van der Waals surface area contributed by atoms with Crippen molar-refractivity contribution in [1.29, 1.82) is 0 Å². The maximum absolute atomic E-state index is 5.60. The van der Waals surface area contributed by atoms with E-state index in [1.807, 2.05) is 0 Å². The SMILES string of the molecule is CCCCCCN(CCCN)CCCCCC. The lowest BCUT2D eigenvalue weighted by atomic mass is 10.1. The van der Waals surface area contributed by atoms with Crippen molar-refractivity contribution in [2.45, 2.75) is 71.6 Å². The highest BCUT2D eigenvalue weighted by molar-refractivity contribution is 4.59. The molecule has 0 amide bonds. The normalized spacial score (nSPS) is 11.3. The molecule has 0 fully saturated rings. The molecule has 0 saturated carbocycles. The smallest absolute Gasteiger partial charge is 0.000672 e. The molecule has 0 saturated heterocycles. The summed E-state index contributed by atoms with van der Waals surface area (Å²) in [5, 5.41) is 0. The van der Waals surface area contributed by atoms with Gasteiger partial charge < -0.3 is 10.6 Å². The van der Waals surface area contributed by atoms with Gasteiger partial charge in [0.1, 0.15) is 0 Å². The maximum Gasteiger partial charge on any atom is -0.000672 e. The van der Waals surface area contributed by atoms with Gasteiger partial charge >= 0.3 is 0 Å². The molecule has 0 aromatic carbocycles. The van der Waals surface area contributed by atoms with Gasteiger partial charge in [0, 0.05) is 0 Å². The molecule has 2 nitrogen and oxygen atoms in total. The van der Waals surface area contributed by atoms with E-state index in [1.54, 1.807) is 0 Å². The molecule has 0 aliphatic carbocycles. The highest BCUT2D eigenvalue weighted by Gasteiger charge is 2.03. The summed E-state index contributed by atoms with van der Waals surface area (Å²) in [7, 11) is 0. The molecule has 2 N–H and O–H groups in total. The summed E-state index contributed by atoms with van der Waals surface area (Å²) in [6, 6.07) is 0. The summed E-state index contributed by atoms with van der Waals surface area (Å²) in [6.45, 7) is 9.15. The van der Waals surface area contributed by atoms with E-state index < -0.39 is 0 Å². The van der Waals surface area contributed by atoms with Gasteiger partial charge in [-0.3, -0.25) is 0 Å². The van der Waals surface area contributed by atoms with E-state index in [2.05, 4.69) is 18.7 Å². The van der Waals surface area contributed by atoms with Gasteiger partial charge in [0.2, 0.25) is 0 Å². The molecule has 0 aliphatic heterocycles. The van der Waals surface area contributed by atoms with E-state index in [0.29, 0.717) is 0 Å². The Bertz CT molecular complexity index is 125. The third kappa shape index (κ3) is 12.2. The van der Waals surface area contributed by atoms with Crippen LogP contribution < -0.4 is 5.73 Å². The van der Waals surface area contributed by atoms with Gasteiger partial charge in [-0.1, -0.05) is 52.4 Å². The molecule has 0 aromatic heterocycles. The lowest BCUT2D eigenvalue weighted by molar-refractivity contribution is 0.259. The Morgan fingerprint density at radius 1 is 0.647 bits per heavy atom. The molecule has 0 aliphatic rings. The maximum atomic E-state index is 5.60.